The van der Waals surface area contributed by atoms with Gasteiger partial charge in [0.25, 0.3) is 0 Å². The molecule has 6 nitrogen and oxygen atoms in total. The molecule has 1 saturated heterocycles. The number of hydrogen-bond donors (Lipinski definition) is 2. The summed E-state index contributed by atoms with van der Waals surface area (Å²) in [6.45, 7) is 4.13. The zero-order valence-corrected chi connectivity index (χ0v) is 11.3. The van der Waals surface area contributed by atoms with E-state index in [1.165, 1.54) is 0 Å². The molecule has 0 unspecified atom stereocenters. The van der Waals surface area contributed by atoms with Crippen LogP contribution in [-0.4, -0.2) is 46.2 Å². The van der Waals surface area contributed by atoms with Crippen LogP contribution >= 0.6 is 11.6 Å². The summed E-state index contributed by atoms with van der Waals surface area (Å²) >= 11 is 5.69. The van der Waals surface area contributed by atoms with Crippen LogP contribution in [0.4, 0.5) is 10.2 Å². The maximum absolute atomic E-state index is 14.0. The Balaban J connectivity index is 2.35. The summed E-state index contributed by atoms with van der Waals surface area (Å²) in [7, 11) is 0. The van der Waals surface area contributed by atoms with Crippen LogP contribution in [0.15, 0.2) is 0 Å². The molecule has 1 aliphatic rings. The number of aliphatic carboxylic acids is 1. The van der Waals surface area contributed by atoms with Gasteiger partial charge in [0, 0.05) is 19.6 Å². The van der Waals surface area contributed by atoms with Crippen LogP contribution < -0.4 is 10.2 Å². The Bertz CT molecular complexity index is 528. The summed E-state index contributed by atoms with van der Waals surface area (Å²) in [4.78, 5) is 20.5. The van der Waals surface area contributed by atoms with Gasteiger partial charge in [0.2, 0.25) is 5.82 Å². The number of rotatable bonds is 2. The molecule has 2 rings (SSSR count). The predicted molar refractivity (Wildman–Crippen MR) is 68.0 cm³/mol. The molecule has 0 radical (unpaired) electrons. The highest BCUT2D eigenvalue weighted by Crippen LogP contribution is 2.25. The Hall–Kier alpha value is -1.47. The van der Waals surface area contributed by atoms with Crippen LogP contribution in [0.2, 0.25) is 5.15 Å². The van der Waals surface area contributed by atoms with E-state index in [9.17, 15) is 14.3 Å². The Morgan fingerprint density at radius 3 is 2.89 bits per heavy atom. The fraction of sp³-hybridized carbons (Fsp3) is 0.545. The highest BCUT2D eigenvalue weighted by atomic mass is 35.5. The number of nitrogens with zero attached hydrogens (tertiary/aromatic N) is 3. The van der Waals surface area contributed by atoms with Crippen molar-refractivity contribution in [3.05, 3.63) is 16.8 Å². The molecule has 1 fully saturated rings. The van der Waals surface area contributed by atoms with Crippen molar-refractivity contribution < 1.29 is 14.3 Å². The van der Waals surface area contributed by atoms with E-state index in [0.717, 1.165) is 0 Å². The summed E-state index contributed by atoms with van der Waals surface area (Å²) in [5.74, 6) is -1.32. The van der Waals surface area contributed by atoms with Gasteiger partial charge in [0.15, 0.2) is 11.0 Å². The van der Waals surface area contributed by atoms with Crippen LogP contribution in [-0.2, 0) is 4.79 Å². The van der Waals surface area contributed by atoms with E-state index in [4.69, 9.17) is 11.6 Å². The fourth-order valence-corrected chi connectivity index (χ4v) is 2.23. The maximum atomic E-state index is 14.0. The Morgan fingerprint density at radius 2 is 2.26 bits per heavy atom. The third kappa shape index (κ3) is 2.62. The molecule has 0 aliphatic carbocycles. The molecule has 104 valence electrons. The second-order valence-electron chi connectivity index (χ2n) is 4.68. The summed E-state index contributed by atoms with van der Waals surface area (Å²) in [6.07, 6.45) is 0. The third-order valence-corrected chi connectivity index (χ3v) is 3.33. The number of carboxylic acids is 1. The van der Waals surface area contributed by atoms with Crippen LogP contribution in [0.5, 0.6) is 0 Å². The SMILES string of the molecule is Cc1nc(Cl)c(F)c(N2CCN[C@](C)(C(=O)O)C2)n1. The lowest BCUT2D eigenvalue weighted by atomic mass is 9.99. The molecular formula is C11H14ClFN4O2. The van der Waals surface area contributed by atoms with Crippen molar-refractivity contribution in [2.45, 2.75) is 19.4 Å². The molecule has 1 aromatic rings. The van der Waals surface area contributed by atoms with Gasteiger partial charge in [-0.25, -0.2) is 9.97 Å². The van der Waals surface area contributed by atoms with Gasteiger partial charge in [0.05, 0.1) is 0 Å². The summed E-state index contributed by atoms with van der Waals surface area (Å²) < 4.78 is 14.0. The average molecular weight is 289 g/mol. The second kappa shape index (κ2) is 4.90. The number of hydrogen-bond acceptors (Lipinski definition) is 5. The van der Waals surface area contributed by atoms with Gasteiger partial charge in [-0.15, -0.1) is 0 Å². The van der Waals surface area contributed by atoms with Crippen molar-refractivity contribution in [3.63, 3.8) is 0 Å². The summed E-state index contributed by atoms with van der Waals surface area (Å²) in [6, 6.07) is 0. The molecular weight excluding hydrogens is 275 g/mol. The first kappa shape index (κ1) is 14.0. The van der Waals surface area contributed by atoms with E-state index in [1.54, 1.807) is 18.7 Å². The van der Waals surface area contributed by atoms with Crippen molar-refractivity contribution in [3.8, 4) is 0 Å². The number of anilines is 1. The molecule has 8 heteroatoms. The third-order valence-electron chi connectivity index (χ3n) is 3.08. The minimum Gasteiger partial charge on any atom is -0.480 e. The molecule has 0 saturated carbocycles. The van der Waals surface area contributed by atoms with E-state index in [-0.39, 0.29) is 17.5 Å². The molecule has 0 bridgehead atoms. The topological polar surface area (TPSA) is 78.4 Å². The number of nitrogens with one attached hydrogen (secondary N) is 1. The lowest BCUT2D eigenvalue weighted by Gasteiger charge is -2.39. The van der Waals surface area contributed by atoms with Gasteiger partial charge in [-0.05, 0) is 13.8 Å². The van der Waals surface area contributed by atoms with Gasteiger partial charge in [-0.3, -0.25) is 10.1 Å². The minimum atomic E-state index is -1.14. The van der Waals surface area contributed by atoms with Crippen molar-refractivity contribution in [2.75, 3.05) is 24.5 Å². The molecule has 1 aliphatic heterocycles. The number of carbonyl (C=O) groups is 1. The summed E-state index contributed by atoms with van der Waals surface area (Å²) in [5, 5.41) is 11.9. The Labute approximate surface area is 114 Å². The molecule has 2 N–H and O–H groups in total. The van der Waals surface area contributed by atoms with Gasteiger partial charge < -0.3 is 10.0 Å². The van der Waals surface area contributed by atoms with Crippen molar-refractivity contribution >= 4 is 23.4 Å². The Kier molecular flexibility index (Phi) is 3.60. The van der Waals surface area contributed by atoms with Crippen LogP contribution in [0.3, 0.4) is 0 Å². The molecule has 0 amide bonds. The largest absolute Gasteiger partial charge is 0.480 e. The normalized spacial score (nSPS) is 23.5. The highest BCUT2D eigenvalue weighted by Gasteiger charge is 2.39. The predicted octanol–water partition coefficient (Wildman–Crippen LogP) is 0.830. The zero-order chi connectivity index (χ0) is 14.2. The van der Waals surface area contributed by atoms with Crippen LogP contribution in [0.25, 0.3) is 0 Å². The first-order chi connectivity index (χ1) is 8.83. The molecule has 0 spiro atoms. The van der Waals surface area contributed by atoms with E-state index in [0.29, 0.717) is 18.9 Å². The average Bonchev–Trinajstić information content (AvgIpc) is 2.33. The van der Waals surface area contributed by atoms with E-state index in [1.807, 2.05) is 0 Å². The Morgan fingerprint density at radius 1 is 1.58 bits per heavy atom. The molecule has 0 aromatic carbocycles. The number of halogens is 2. The molecule has 1 atom stereocenters. The number of aromatic nitrogens is 2. The van der Waals surface area contributed by atoms with Crippen LogP contribution in [0.1, 0.15) is 12.7 Å². The van der Waals surface area contributed by atoms with Crippen molar-refractivity contribution in [1.82, 2.24) is 15.3 Å². The van der Waals surface area contributed by atoms with Crippen LogP contribution in [0, 0.1) is 12.7 Å². The summed E-state index contributed by atoms with van der Waals surface area (Å²) in [5.41, 5.74) is -1.14. The number of piperazine rings is 1. The lowest BCUT2D eigenvalue weighted by Crippen LogP contribution is -2.63. The van der Waals surface area contributed by atoms with Gasteiger partial charge in [0.1, 0.15) is 11.4 Å². The highest BCUT2D eigenvalue weighted by molar-refractivity contribution is 6.29. The van der Waals surface area contributed by atoms with Crippen molar-refractivity contribution in [2.24, 2.45) is 0 Å². The first-order valence-corrected chi connectivity index (χ1v) is 6.14. The standard InChI is InChI=1S/C11H14ClFN4O2/c1-6-15-8(12)7(13)9(16-6)17-4-3-14-11(2,5-17)10(18)19/h14H,3-5H2,1-2H3,(H,18,19)/t11-/m0/s1. The molecule has 19 heavy (non-hydrogen) atoms. The monoisotopic (exact) mass is 288 g/mol. The number of aryl methyl sites for hydroxylation is 1. The van der Waals surface area contributed by atoms with Crippen molar-refractivity contribution in [1.29, 1.82) is 0 Å². The van der Waals surface area contributed by atoms with E-state index >= 15 is 0 Å². The minimum absolute atomic E-state index is 0.0477. The number of carboxylic acid groups (broad SMARTS) is 1. The first-order valence-electron chi connectivity index (χ1n) is 5.76. The molecule has 1 aromatic heterocycles. The molecule has 2 heterocycles. The fourth-order valence-electron chi connectivity index (χ4n) is 2.03. The van der Waals surface area contributed by atoms with Gasteiger partial charge >= 0.3 is 5.97 Å². The smallest absolute Gasteiger partial charge is 0.325 e. The van der Waals surface area contributed by atoms with Gasteiger partial charge in [-0.1, -0.05) is 11.6 Å². The van der Waals surface area contributed by atoms with E-state index < -0.39 is 17.3 Å². The maximum Gasteiger partial charge on any atom is 0.325 e. The van der Waals surface area contributed by atoms with E-state index in [2.05, 4.69) is 15.3 Å². The van der Waals surface area contributed by atoms with Gasteiger partial charge in [-0.2, -0.15) is 4.39 Å². The quantitative estimate of drug-likeness (QED) is 0.785. The lowest BCUT2D eigenvalue weighted by molar-refractivity contribution is -0.144. The zero-order valence-electron chi connectivity index (χ0n) is 10.6. The second-order valence-corrected chi connectivity index (χ2v) is 5.04.